The zero-order valence-electron chi connectivity index (χ0n) is 14.5. The zero-order chi connectivity index (χ0) is 18.2. The Bertz CT molecular complexity index is 517. The normalized spacial score (nSPS) is 39.8. The van der Waals surface area contributed by atoms with Gasteiger partial charge >= 0.3 is 0 Å². The number of hydrogen-bond donors (Lipinski definition) is 1. The highest BCUT2D eigenvalue weighted by molar-refractivity contribution is 5.07. The molecular weight excluding hydrogens is 318 g/mol. The summed E-state index contributed by atoms with van der Waals surface area (Å²) >= 11 is 0. The molecule has 0 heterocycles. The van der Waals surface area contributed by atoms with Gasteiger partial charge in [-0.3, -0.25) is 0 Å². The minimum atomic E-state index is -0.967. The molecule has 0 aromatic heterocycles. The maximum atomic E-state index is 11.0. The number of hydrogen-bond acceptors (Lipinski definition) is 7. The average molecular weight is 345 g/mol. The van der Waals surface area contributed by atoms with Crippen LogP contribution in [0.3, 0.4) is 0 Å². The summed E-state index contributed by atoms with van der Waals surface area (Å²) in [5, 5.41) is 19.8. The summed E-state index contributed by atoms with van der Waals surface area (Å²) in [7, 11) is 0. The lowest BCUT2D eigenvalue weighted by molar-refractivity contribution is -0.794. The number of nitrogens with zero attached hydrogens (tertiary/aromatic N) is 2. The van der Waals surface area contributed by atoms with Gasteiger partial charge in [0.1, 0.15) is 12.7 Å². The Labute approximate surface area is 141 Å². The van der Waals surface area contributed by atoms with Gasteiger partial charge in [0, 0.05) is 5.41 Å². The Morgan fingerprint density at radius 1 is 1.17 bits per heavy atom. The van der Waals surface area contributed by atoms with Crippen LogP contribution in [-0.4, -0.2) is 29.4 Å². The standard InChI is InChI=1S/C15H27N3O6/c1-11-4-13(2)7-14(3,10-16)9-15(5-11,8-13)12(24-18(21)22)6-23-17(19)20/h11-12H,4-10,16H2,1-3H3. The highest BCUT2D eigenvalue weighted by Gasteiger charge is 2.58. The third-order valence-electron chi connectivity index (χ3n) is 5.73. The molecule has 0 aromatic carbocycles. The molecule has 138 valence electrons. The van der Waals surface area contributed by atoms with E-state index in [-0.39, 0.29) is 10.8 Å². The van der Waals surface area contributed by atoms with E-state index in [0.717, 1.165) is 25.7 Å². The molecule has 0 amide bonds. The molecule has 2 N–H and O–H groups in total. The van der Waals surface area contributed by atoms with Gasteiger partial charge in [-0.05, 0) is 55.4 Å². The van der Waals surface area contributed by atoms with Crippen molar-refractivity contribution in [1.29, 1.82) is 0 Å². The lowest BCUT2D eigenvalue weighted by atomic mass is 9.46. The van der Waals surface area contributed by atoms with Crippen LogP contribution < -0.4 is 5.73 Å². The van der Waals surface area contributed by atoms with E-state index < -0.39 is 28.3 Å². The van der Waals surface area contributed by atoms with Gasteiger partial charge in [0.15, 0.2) is 0 Å². The second kappa shape index (κ2) is 6.34. The lowest BCUT2D eigenvalue weighted by Crippen LogP contribution is -2.57. The Morgan fingerprint density at radius 3 is 2.38 bits per heavy atom. The third-order valence-corrected chi connectivity index (χ3v) is 5.73. The second-order valence-corrected chi connectivity index (χ2v) is 8.57. The molecule has 0 radical (unpaired) electrons. The fourth-order valence-corrected chi connectivity index (χ4v) is 5.87. The molecule has 5 unspecified atom stereocenters. The first-order valence-electron chi connectivity index (χ1n) is 8.30. The number of rotatable bonds is 7. The third kappa shape index (κ3) is 3.88. The summed E-state index contributed by atoms with van der Waals surface area (Å²) in [5.74, 6) is 0.361. The average Bonchev–Trinajstić information content (AvgIpc) is 2.40. The van der Waals surface area contributed by atoms with Crippen molar-refractivity contribution in [3.8, 4) is 0 Å². The maximum Gasteiger partial charge on any atom is 0.294 e. The van der Waals surface area contributed by atoms with Crippen molar-refractivity contribution in [2.75, 3.05) is 13.2 Å². The van der Waals surface area contributed by atoms with E-state index in [1.807, 2.05) is 0 Å². The Kier molecular flexibility index (Phi) is 4.94. The van der Waals surface area contributed by atoms with E-state index in [2.05, 4.69) is 25.6 Å². The molecule has 9 nitrogen and oxygen atoms in total. The van der Waals surface area contributed by atoms with Crippen molar-refractivity contribution < 1.29 is 19.8 Å². The molecule has 24 heavy (non-hydrogen) atoms. The fraction of sp³-hybridized carbons (Fsp3) is 1.00. The molecule has 9 heteroatoms. The van der Waals surface area contributed by atoms with E-state index >= 15 is 0 Å². The minimum absolute atomic E-state index is 0.00311. The van der Waals surface area contributed by atoms with Crippen molar-refractivity contribution in [1.82, 2.24) is 0 Å². The first-order chi connectivity index (χ1) is 11.0. The maximum absolute atomic E-state index is 11.0. The quantitative estimate of drug-likeness (QED) is 0.553. The van der Waals surface area contributed by atoms with Gasteiger partial charge in [-0.1, -0.05) is 20.8 Å². The highest BCUT2D eigenvalue weighted by Crippen LogP contribution is 2.63. The topological polar surface area (TPSA) is 131 Å². The second-order valence-electron chi connectivity index (χ2n) is 8.57. The van der Waals surface area contributed by atoms with Crippen molar-refractivity contribution in [3.63, 3.8) is 0 Å². The molecular formula is C15H27N3O6. The Balaban J connectivity index is 2.37. The molecule has 0 aliphatic heterocycles. The molecule has 2 bridgehead atoms. The van der Waals surface area contributed by atoms with Crippen LogP contribution in [-0.2, 0) is 9.68 Å². The smallest absolute Gasteiger partial charge is 0.294 e. The molecule has 2 aliphatic rings. The van der Waals surface area contributed by atoms with Gasteiger partial charge in [0.05, 0.1) is 0 Å². The van der Waals surface area contributed by atoms with E-state index in [0.29, 0.717) is 18.9 Å². The molecule has 2 rings (SSSR count). The monoisotopic (exact) mass is 345 g/mol. The summed E-state index contributed by atoms with van der Waals surface area (Å²) in [4.78, 5) is 30.9. The van der Waals surface area contributed by atoms with Gasteiger partial charge in [0.2, 0.25) is 0 Å². The van der Waals surface area contributed by atoms with Crippen LogP contribution >= 0.6 is 0 Å². The number of nitrogens with two attached hydrogens (primary N) is 1. The zero-order valence-corrected chi connectivity index (χ0v) is 14.5. The van der Waals surface area contributed by atoms with Gasteiger partial charge in [-0.2, -0.15) is 0 Å². The Hall–Kier alpha value is -1.64. The molecule has 0 aromatic rings. The highest BCUT2D eigenvalue weighted by atomic mass is 17.0. The molecule has 5 atom stereocenters. The lowest BCUT2D eigenvalue weighted by Gasteiger charge is -2.60. The van der Waals surface area contributed by atoms with Crippen molar-refractivity contribution in [2.24, 2.45) is 27.9 Å². The van der Waals surface area contributed by atoms with Crippen LogP contribution in [0.25, 0.3) is 0 Å². The molecule has 2 aliphatic carbocycles. The summed E-state index contributed by atoms with van der Waals surface area (Å²) in [6.07, 6.45) is 3.11. The SMILES string of the molecule is CC1CC2(C)CC(C)(CN)CC(C(CO[N+](=O)[O-])O[N+](=O)[O-])(C1)C2. The van der Waals surface area contributed by atoms with Crippen LogP contribution in [0, 0.1) is 42.4 Å². The van der Waals surface area contributed by atoms with Crippen molar-refractivity contribution in [2.45, 2.75) is 59.0 Å². The summed E-state index contributed by atoms with van der Waals surface area (Å²) < 4.78 is 0. The summed E-state index contributed by atoms with van der Waals surface area (Å²) in [5.41, 5.74) is 5.29. The van der Waals surface area contributed by atoms with E-state index in [1.54, 1.807) is 0 Å². The van der Waals surface area contributed by atoms with E-state index in [1.165, 1.54) is 0 Å². The molecule has 2 saturated carbocycles. The van der Waals surface area contributed by atoms with Gasteiger partial charge < -0.3 is 15.4 Å². The van der Waals surface area contributed by atoms with Crippen LogP contribution in [0.4, 0.5) is 0 Å². The first-order valence-corrected chi connectivity index (χ1v) is 8.30. The predicted molar refractivity (Wildman–Crippen MR) is 84.8 cm³/mol. The van der Waals surface area contributed by atoms with Crippen molar-refractivity contribution in [3.05, 3.63) is 20.2 Å². The van der Waals surface area contributed by atoms with Crippen LogP contribution in [0.2, 0.25) is 0 Å². The Morgan fingerprint density at radius 2 is 1.83 bits per heavy atom. The van der Waals surface area contributed by atoms with Gasteiger partial charge in [-0.25, -0.2) is 0 Å². The largest absolute Gasteiger partial charge is 0.330 e. The molecule has 0 saturated heterocycles. The molecule has 0 spiro atoms. The number of fused-ring (bicyclic) bond motifs is 2. The minimum Gasteiger partial charge on any atom is -0.330 e. The van der Waals surface area contributed by atoms with Crippen LogP contribution in [0.15, 0.2) is 0 Å². The van der Waals surface area contributed by atoms with E-state index in [4.69, 9.17) is 10.6 Å². The van der Waals surface area contributed by atoms with E-state index in [9.17, 15) is 20.2 Å². The fourth-order valence-electron chi connectivity index (χ4n) is 5.87. The van der Waals surface area contributed by atoms with Gasteiger partial charge in [0.25, 0.3) is 10.2 Å². The first kappa shape index (κ1) is 18.7. The molecule has 2 fully saturated rings. The van der Waals surface area contributed by atoms with Gasteiger partial charge in [-0.15, -0.1) is 20.2 Å². The summed E-state index contributed by atoms with van der Waals surface area (Å²) in [6, 6.07) is 0. The summed E-state index contributed by atoms with van der Waals surface area (Å²) in [6.45, 7) is 6.43. The van der Waals surface area contributed by atoms with Crippen LogP contribution in [0.1, 0.15) is 52.9 Å². The van der Waals surface area contributed by atoms with Crippen LogP contribution in [0.5, 0.6) is 0 Å². The van der Waals surface area contributed by atoms with Crippen molar-refractivity contribution >= 4 is 0 Å². The predicted octanol–water partition coefficient (Wildman–Crippen LogP) is 2.34.